The summed E-state index contributed by atoms with van der Waals surface area (Å²) in [7, 11) is 1.69. The zero-order chi connectivity index (χ0) is 53.8. The monoisotopic (exact) mass is 1070 g/mol. The van der Waals surface area contributed by atoms with Crippen molar-refractivity contribution in [3.05, 3.63) is 276 Å². The van der Waals surface area contributed by atoms with Crippen molar-refractivity contribution in [2.75, 3.05) is 6.61 Å². The molecule has 0 spiro atoms. The van der Waals surface area contributed by atoms with Crippen LogP contribution in [0.3, 0.4) is 0 Å². The van der Waals surface area contributed by atoms with Crippen LogP contribution in [0.1, 0.15) is 51.8 Å². The molecular weight excluding hydrogens is 1020 g/mol. The number of nitrogens with one attached hydrogen (secondary N) is 1. The molecule has 0 aliphatic carbocycles. The Morgan fingerprint density at radius 3 is 1.35 bits per heavy atom. The first-order chi connectivity index (χ1) is 38.2. The number of amides is 2. The lowest BCUT2D eigenvalue weighted by Crippen LogP contribution is -2.74. The predicted molar refractivity (Wildman–Crippen MR) is 305 cm³/mol. The highest BCUT2D eigenvalue weighted by molar-refractivity contribution is 7.96. The van der Waals surface area contributed by atoms with E-state index in [-0.39, 0.29) is 18.4 Å². The summed E-state index contributed by atoms with van der Waals surface area (Å²) in [5.74, 6) is -4.30. The average Bonchev–Trinajstić information content (AvgIpc) is 3.98. The number of nitrogens with zero attached hydrogens (tertiary/aromatic N) is 5. The number of β-lactam (4-membered cyclic amide) rings is 1. The first-order valence-corrected chi connectivity index (χ1v) is 27.5. The third kappa shape index (κ3) is 11.1. The molecular formula is C63H53N6O7PS. The number of ether oxygens (including phenoxy) is 3. The maximum atomic E-state index is 16.3. The SMILES string of the molecule is Cn1nnnc1CC(=S)CO[C@@H]1[C@H](NC(=O)C(C(=O)OC(c2ccccc2)c2ccccc2)c2ccccc2)C(=O)N1C(C(=O)OC(c1ccccc1)c1ccccc1)=P(c1ccccc1)(c1ccccc1)c1ccccc1. The number of likely N-dealkylation sites (tertiary alicyclic amines) is 1. The normalized spacial score (nSPS) is 14.5. The molecule has 1 saturated heterocycles. The third-order valence-electron chi connectivity index (χ3n) is 13.5. The number of esters is 2. The van der Waals surface area contributed by atoms with Gasteiger partial charge in [0.15, 0.2) is 36.2 Å². The van der Waals surface area contributed by atoms with Crippen LogP contribution in [0.2, 0.25) is 0 Å². The van der Waals surface area contributed by atoms with Gasteiger partial charge in [-0.25, -0.2) is 9.48 Å². The van der Waals surface area contributed by atoms with Crippen LogP contribution in [-0.2, 0) is 46.9 Å². The molecule has 13 nitrogen and oxygen atoms in total. The molecule has 0 radical (unpaired) electrons. The second-order valence-corrected chi connectivity index (χ2v) is 22.3. The van der Waals surface area contributed by atoms with E-state index in [4.69, 9.17) is 26.4 Å². The van der Waals surface area contributed by atoms with Gasteiger partial charge in [-0.05, 0) is 54.2 Å². The van der Waals surface area contributed by atoms with E-state index < -0.39 is 61.0 Å². The first kappa shape index (κ1) is 52.5. The number of benzene rings is 8. The lowest BCUT2D eigenvalue weighted by atomic mass is 9.95. The number of aryl methyl sites for hydroxylation is 1. The summed E-state index contributed by atoms with van der Waals surface area (Å²) in [5.41, 5.74) is 3.07. The zero-order valence-electron chi connectivity index (χ0n) is 42.3. The molecule has 1 fully saturated rings. The number of carbonyl (C=O) groups is 4. The minimum atomic E-state index is -3.56. The summed E-state index contributed by atoms with van der Waals surface area (Å²) in [6.45, 7) is -3.80. The zero-order valence-corrected chi connectivity index (χ0v) is 44.1. The fourth-order valence-corrected chi connectivity index (χ4v) is 14.3. The van der Waals surface area contributed by atoms with Crippen molar-refractivity contribution in [2.45, 2.75) is 36.8 Å². The van der Waals surface area contributed by atoms with Crippen LogP contribution in [0.25, 0.3) is 0 Å². The smallest absolute Gasteiger partial charge is 0.357 e. The Morgan fingerprint density at radius 1 is 0.564 bits per heavy atom. The van der Waals surface area contributed by atoms with Crippen molar-refractivity contribution in [1.82, 2.24) is 30.4 Å². The van der Waals surface area contributed by atoms with Crippen LogP contribution in [0.15, 0.2) is 243 Å². The molecule has 1 N–H and O–H groups in total. The number of hydrogen-bond donors (Lipinski definition) is 1. The van der Waals surface area contributed by atoms with Crippen molar-refractivity contribution >= 4 is 69.1 Å². The highest BCUT2D eigenvalue weighted by Crippen LogP contribution is 2.49. The van der Waals surface area contributed by atoms with Gasteiger partial charge in [-0.2, -0.15) is 0 Å². The summed E-state index contributed by atoms with van der Waals surface area (Å²) in [4.78, 5) is 64.1. The minimum Gasteiger partial charge on any atom is -0.452 e. The molecule has 1 aliphatic rings. The van der Waals surface area contributed by atoms with E-state index in [1.807, 2.05) is 212 Å². The van der Waals surface area contributed by atoms with Gasteiger partial charge in [0.1, 0.15) is 5.42 Å². The highest BCUT2D eigenvalue weighted by Gasteiger charge is 2.56. The average molecular weight is 1070 g/mol. The Bertz CT molecular complexity index is 3380. The molecule has 8 aromatic carbocycles. The van der Waals surface area contributed by atoms with Gasteiger partial charge in [0.05, 0.1) is 6.61 Å². The van der Waals surface area contributed by atoms with E-state index in [0.29, 0.717) is 38.5 Å². The quantitative estimate of drug-likeness (QED) is 0.0258. The van der Waals surface area contributed by atoms with Crippen LogP contribution >= 0.6 is 19.1 Å². The number of carbonyl (C=O) groups excluding carboxylic acids is 4. The van der Waals surface area contributed by atoms with Gasteiger partial charge in [-0.3, -0.25) is 19.3 Å². The van der Waals surface area contributed by atoms with Crippen molar-refractivity contribution in [1.29, 1.82) is 0 Å². The largest absolute Gasteiger partial charge is 0.452 e. The van der Waals surface area contributed by atoms with Crippen molar-refractivity contribution in [3.8, 4) is 0 Å². The molecule has 10 rings (SSSR count). The molecule has 388 valence electrons. The number of rotatable bonds is 20. The lowest BCUT2D eigenvalue weighted by molar-refractivity contribution is -0.172. The Kier molecular flexibility index (Phi) is 16.4. The number of hydrogen-bond acceptors (Lipinski definition) is 11. The van der Waals surface area contributed by atoms with Gasteiger partial charge < -0.3 is 19.5 Å². The van der Waals surface area contributed by atoms with Gasteiger partial charge >= 0.3 is 11.9 Å². The third-order valence-corrected chi connectivity index (χ3v) is 18.0. The maximum Gasteiger partial charge on any atom is 0.357 e. The molecule has 9 aromatic rings. The summed E-state index contributed by atoms with van der Waals surface area (Å²) in [6, 6.07) is 73.1. The van der Waals surface area contributed by atoms with Gasteiger partial charge in [-0.1, -0.05) is 255 Å². The van der Waals surface area contributed by atoms with Gasteiger partial charge in [0.2, 0.25) is 5.91 Å². The van der Waals surface area contributed by atoms with E-state index in [1.165, 1.54) is 9.58 Å². The maximum absolute atomic E-state index is 16.3. The number of thiocarbonyl (C=S) groups is 1. The molecule has 3 atom stereocenters. The van der Waals surface area contributed by atoms with E-state index in [0.717, 1.165) is 15.9 Å². The molecule has 2 heterocycles. The van der Waals surface area contributed by atoms with Crippen LogP contribution in [0, 0.1) is 0 Å². The summed E-state index contributed by atoms with van der Waals surface area (Å²) < 4.78 is 21.5. The second-order valence-electron chi connectivity index (χ2n) is 18.4. The molecule has 2 amide bonds. The van der Waals surface area contributed by atoms with Crippen LogP contribution in [0.4, 0.5) is 0 Å². The number of aromatic nitrogens is 4. The van der Waals surface area contributed by atoms with Crippen LogP contribution in [0.5, 0.6) is 0 Å². The molecule has 1 aliphatic heterocycles. The van der Waals surface area contributed by atoms with E-state index in [9.17, 15) is 4.79 Å². The predicted octanol–water partition coefficient (Wildman–Crippen LogP) is 8.37. The highest BCUT2D eigenvalue weighted by atomic mass is 32.1. The van der Waals surface area contributed by atoms with Crippen molar-refractivity contribution in [2.24, 2.45) is 7.05 Å². The summed E-state index contributed by atoms with van der Waals surface area (Å²) in [6.07, 6.45) is -3.10. The molecule has 0 saturated carbocycles. The van der Waals surface area contributed by atoms with Crippen LogP contribution in [-0.4, -0.2) is 78.0 Å². The first-order valence-electron chi connectivity index (χ1n) is 25.3. The molecule has 78 heavy (non-hydrogen) atoms. The van der Waals surface area contributed by atoms with Crippen molar-refractivity contribution < 1.29 is 33.4 Å². The fourth-order valence-electron chi connectivity index (χ4n) is 9.75. The summed E-state index contributed by atoms with van der Waals surface area (Å²) in [5, 5.41) is 17.0. The van der Waals surface area contributed by atoms with E-state index >= 15 is 14.4 Å². The summed E-state index contributed by atoms with van der Waals surface area (Å²) >= 11 is 5.92. The Labute approximate surface area is 457 Å². The second kappa shape index (κ2) is 24.4. The molecule has 1 unspecified atom stereocenters. The van der Waals surface area contributed by atoms with Gasteiger partial charge in [-0.15, -0.1) is 5.10 Å². The van der Waals surface area contributed by atoms with E-state index in [1.54, 1.807) is 37.4 Å². The molecule has 15 heteroatoms. The Hall–Kier alpha value is -8.94. The Morgan fingerprint density at radius 2 is 0.949 bits per heavy atom. The topological polar surface area (TPSA) is 155 Å². The van der Waals surface area contributed by atoms with Crippen LogP contribution < -0.4 is 21.2 Å². The Balaban J connectivity index is 1.13. The van der Waals surface area contributed by atoms with Crippen molar-refractivity contribution in [3.63, 3.8) is 0 Å². The van der Waals surface area contributed by atoms with Gasteiger partial charge in [0.25, 0.3) is 5.91 Å². The molecule has 1 aromatic heterocycles. The number of tetrazole rings is 1. The fraction of sp³-hybridized carbons (Fsp3) is 0.127. The molecule has 0 bridgehead atoms. The minimum absolute atomic E-state index is 0.0144. The van der Waals surface area contributed by atoms with Gasteiger partial charge in [0, 0.05) is 25.2 Å². The standard InChI is InChI=1S/C63H53N6O7PS/c1-68-53(65-66-67-68)42-52(78)43-74-60-55(64-58(70)54(44-26-10-2-11-27-44)62(72)75-56(45-28-12-3-13-29-45)46-30-14-4-15-31-46)59(71)69(60)61(63(73)76-57(47-32-16-5-17-33-47)48-34-18-6-19-35-48)77(49-36-20-7-21-37-49,50-38-22-8-23-39-50)51-40-24-9-25-41-51/h2-41,54-57,60H,42-43H2,1H3,(H,64,70)/t54?,55-,60-/m1/s1. The lowest BCUT2D eigenvalue weighted by Gasteiger charge is -2.49. The van der Waals surface area contributed by atoms with E-state index in [2.05, 4.69) is 20.8 Å².